The van der Waals surface area contributed by atoms with Crippen molar-refractivity contribution in [3.63, 3.8) is 0 Å². The van der Waals surface area contributed by atoms with Gasteiger partial charge in [0.1, 0.15) is 10.7 Å². The van der Waals surface area contributed by atoms with E-state index in [1.807, 2.05) is 10.3 Å². The van der Waals surface area contributed by atoms with Crippen LogP contribution in [0.1, 0.15) is 18.5 Å². The molecule has 0 saturated carbocycles. The van der Waals surface area contributed by atoms with Gasteiger partial charge in [0.15, 0.2) is 0 Å². The van der Waals surface area contributed by atoms with E-state index in [9.17, 15) is 4.79 Å². The summed E-state index contributed by atoms with van der Waals surface area (Å²) in [6.45, 7) is 1.34. The summed E-state index contributed by atoms with van der Waals surface area (Å²) < 4.78 is 0. The van der Waals surface area contributed by atoms with Crippen LogP contribution in [0, 0.1) is 0 Å². The molecule has 0 spiro atoms. The van der Waals surface area contributed by atoms with Gasteiger partial charge in [0.05, 0.1) is 18.3 Å². The van der Waals surface area contributed by atoms with E-state index in [-0.39, 0.29) is 11.9 Å². The molecule has 0 unspecified atom stereocenters. The van der Waals surface area contributed by atoms with E-state index in [4.69, 9.17) is 5.73 Å². The second-order valence-corrected chi connectivity index (χ2v) is 5.89. The Labute approximate surface area is 127 Å². The topological polar surface area (TPSA) is 85.0 Å². The summed E-state index contributed by atoms with van der Waals surface area (Å²) in [5.74, 6) is 0.110. The fraction of sp³-hybridized carbons (Fsp3) is 0.429. The molecule has 2 aromatic rings. The minimum atomic E-state index is 0.110. The second kappa shape index (κ2) is 6.28. The van der Waals surface area contributed by atoms with Gasteiger partial charge in [-0.15, -0.1) is 11.3 Å². The summed E-state index contributed by atoms with van der Waals surface area (Å²) in [5, 5.41) is 2.71. The molecule has 0 aromatic carbocycles. The van der Waals surface area contributed by atoms with Crippen LogP contribution in [0.3, 0.4) is 0 Å². The van der Waals surface area contributed by atoms with Crippen LogP contribution in [-0.2, 0) is 11.2 Å². The molecule has 2 aromatic heterocycles. The third-order valence-electron chi connectivity index (χ3n) is 3.64. The second-order valence-electron chi connectivity index (χ2n) is 5.03. The first-order chi connectivity index (χ1) is 10.3. The minimum Gasteiger partial charge on any atom is -0.338 e. The first-order valence-electron chi connectivity index (χ1n) is 6.98. The van der Waals surface area contributed by atoms with E-state index in [0.29, 0.717) is 13.0 Å². The molecule has 1 aliphatic rings. The Morgan fingerprint density at radius 2 is 2.38 bits per heavy atom. The van der Waals surface area contributed by atoms with Gasteiger partial charge in [-0.25, -0.2) is 4.98 Å². The SMILES string of the molecule is NC[C@H]1CCCN1C(=O)Cc1csc(-c2cnccn2)n1. The van der Waals surface area contributed by atoms with Crippen LogP contribution in [0.15, 0.2) is 24.0 Å². The van der Waals surface area contributed by atoms with E-state index >= 15 is 0 Å². The zero-order valence-corrected chi connectivity index (χ0v) is 12.4. The van der Waals surface area contributed by atoms with Crippen LogP contribution in [0.4, 0.5) is 0 Å². The van der Waals surface area contributed by atoms with Crippen molar-refractivity contribution in [1.82, 2.24) is 19.9 Å². The van der Waals surface area contributed by atoms with E-state index in [1.165, 1.54) is 11.3 Å². The van der Waals surface area contributed by atoms with Gasteiger partial charge in [-0.3, -0.25) is 14.8 Å². The molecule has 1 fully saturated rings. The van der Waals surface area contributed by atoms with Crippen LogP contribution in [0.5, 0.6) is 0 Å². The normalized spacial score (nSPS) is 18.1. The smallest absolute Gasteiger partial charge is 0.228 e. The highest BCUT2D eigenvalue weighted by Crippen LogP contribution is 2.22. The number of carbonyl (C=O) groups is 1. The molecule has 0 aliphatic carbocycles. The maximum absolute atomic E-state index is 12.3. The number of nitrogens with zero attached hydrogens (tertiary/aromatic N) is 4. The third kappa shape index (κ3) is 3.08. The summed E-state index contributed by atoms with van der Waals surface area (Å²) in [6.07, 6.45) is 7.31. The Morgan fingerprint density at radius 1 is 1.48 bits per heavy atom. The van der Waals surface area contributed by atoms with Crippen molar-refractivity contribution >= 4 is 17.2 Å². The number of aromatic nitrogens is 3. The van der Waals surface area contributed by atoms with Gasteiger partial charge in [-0.1, -0.05) is 0 Å². The highest BCUT2D eigenvalue weighted by molar-refractivity contribution is 7.13. The highest BCUT2D eigenvalue weighted by Gasteiger charge is 2.27. The summed E-state index contributed by atoms with van der Waals surface area (Å²) in [5.41, 5.74) is 7.24. The molecule has 0 radical (unpaired) electrons. The standard InChI is InChI=1S/C14H17N5OS/c15-7-11-2-1-5-19(11)13(20)6-10-9-21-14(18-10)12-8-16-3-4-17-12/h3-4,8-9,11H,1-2,5-7,15H2/t11-/m1/s1. The van der Waals surface area contributed by atoms with Gasteiger partial charge in [0, 0.05) is 36.9 Å². The lowest BCUT2D eigenvalue weighted by atomic mass is 10.2. The fourth-order valence-electron chi connectivity index (χ4n) is 2.58. The average Bonchev–Trinajstić information content (AvgIpc) is 3.16. The van der Waals surface area contributed by atoms with Crippen molar-refractivity contribution in [1.29, 1.82) is 0 Å². The molecule has 1 atom stereocenters. The molecule has 7 heteroatoms. The number of amides is 1. The fourth-order valence-corrected chi connectivity index (χ4v) is 3.36. The molecule has 3 rings (SSSR count). The maximum atomic E-state index is 12.3. The summed E-state index contributed by atoms with van der Waals surface area (Å²) >= 11 is 1.48. The third-order valence-corrected chi connectivity index (χ3v) is 4.55. The Bertz CT molecular complexity index is 615. The number of hydrogen-bond acceptors (Lipinski definition) is 6. The predicted octanol–water partition coefficient (Wildman–Crippen LogP) is 1.09. The largest absolute Gasteiger partial charge is 0.338 e. The van der Waals surface area contributed by atoms with Crippen LogP contribution in [0.25, 0.3) is 10.7 Å². The maximum Gasteiger partial charge on any atom is 0.228 e. The molecular weight excluding hydrogens is 286 g/mol. The Kier molecular flexibility index (Phi) is 4.21. The van der Waals surface area contributed by atoms with Gasteiger partial charge in [-0.2, -0.15) is 0 Å². The van der Waals surface area contributed by atoms with Crippen molar-refractivity contribution in [2.75, 3.05) is 13.1 Å². The first-order valence-corrected chi connectivity index (χ1v) is 7.86. The molecule has 1 saturated heterocycles. The summed E-state index contributed by atoms with van der Waals surface area (Å²) in [6, 6.07) is 0.190. The number of thiazole rings is 1. The zero-order chi connectivity index (χ0) is 14.7. The van der Waals surface area contributed by atoms with Gasteiger partial charge < -0.3 is 10.6 Å². The van der Waals surface area contributed by atoms with Crippen LogP contribution >= 0.6 is 11.3 Å². The van der Waals surface area contributed by atoms with Crippen molar-refractivity contribution in [2.45, 2.75) is 25.3 Å². The van der Waals surface area contributed by atoms with Gasteiger partial charge in [0.25, 0.3) is 0 Å². The van der Waals surface area contributed by atoms with Crippen molar-refractivity contribution in [3.8, 4) is 10.7 Å². The minimum absolute atomic E-state index is 0.110. The Hall–Kier alpha value is -1.86. The Balaban J connectivity index is 1.69. The van der Waals surface area contributed by atoms with Gasteiger partial charge in [0.2, 0.25) is 5.91 Å². The van der Waals surface area contributed by atoms with Crippen molar-refractivity contribution in [3.05, 3.63) is 29.7 Å². The lowest BCUT2D eigenvalue weighted by Crippen LogP contribution is -2.40. The van der Waals surface area contributed by atoms with E-state index in [0.717, 1.165) is 35.8 Å². The van der Waals surface area contributed by atoms with E-state index < -0.39 is 0 Å². The zero-order valence-electron chi connectivity index (χ0n) is 11.6. The van der Waals surface area contributed by atoms with Crippen LogP contribution < -0.4 is 5.73 Å². The van der Waals surface area contributed by atoms with E-state index in [1.54, 1.807) is 18.6 Å². The number of hydrogen-bond donors (Lipinski definition) is 1. The molecule has 21 heavy (non-hydrogen) atoms. The monoisotopic (exact) mass is 303 g/mol. The quantitative estimate of drug-likeness (QED) is 0.914. The number of likely N-dealkylation sites (tertiary alicyclic amines) is 1. The lowest BCUT2D eigenvalue weighted by molar-refractivity contribution is -0.131. The molecule has 3 heterocycles. The van der Waals surface area contributed by atoms with Gasteiger partial charge >= 0.3 is 0 Å². The lowest BCUT2D eigenvalue weighted by Gasteiger charge is -2.23. The molecule has 1 amide bonds. The summed E-state index contributed by atoms with van der Waals surface area (Å²) in [7, 11) is 0. The number of nitrogens with two attached hydrogens (primary N) is 1. The van der Waals surface area contributed by atoms with Crippen LogP contribution in [-0.4, -0.2) is 44.9 Å². The Morgan fingerprint density at radius 3 is 3.14 bits per heavy atom. The number of carbonyl (C=O) groups excluding carboxylic acids is 1. The number of rotatable bonds is 4. The molecule has 1 aliphatic heterocycles. The predicted molar refractivity (Wildman–Crippen MR) is 80.6 cm³/mol. The van der Waals surface area contributed by atoms with Crippen molar-refractivity contribution < 1.29 is 4.79 Å². The van der Waals surface area contributed by atoms with Crippen molar-refractivity contribution in [2.24, 2.45) is 5.73 Å². The molecule has 0 bridgehead atoms. The van der Waals surface area contributed by atoms with Gasteiger partial charge in [-0.05, 0) is 12.8 Å². The molecule has 6 nitrogen and oxygen atoms in total. The van der Waals surface area contributed by atoms with E-state index in [2.05, 4.69) is 15.0 Å². The average molecular weight is 303 g/mol. The molecular formula is C14H17N5OS. The first kappa shape index (κ1) is 14.1. The highest BCUT2D eigenvalue weighted by atomic mass is 32.1. The molecule has 110 valence electrons. The molecule has 2 N–H and O–H groups in total. The van der Waals surface area contributed by atoms with Crippen LogP contribution in [0.2, 0.25) is 0 Å². The summed E-state index contributed by atoms with van der Waals surface area (Å²) in [4.78, 5) is 27.0.